The molecule has 2 aromatic carbocycles. The lowest BCUT2D eigenvalue weighted by molar-refractivity contribution is 0.321. The average Bonchev–Trinajstić information content (AvgIpc) is 2.48. The molecule has 21 heavy (non-hydrogen) atoms. The van der Waals surface area contributed by atoms with Gasteiger partial charge in [-0.1, -0.05) is 35.0 Å². The van der Waals surface area contributed by atoms with Crippen molar-refractivity contribution in [3.63, 3.8) is 0 Å². The Morgan fingerprint density at radius 2 is 1.86 bits per heavy atom. The number of benzene rings is 2. The van der Waals surface area contributed by atoms with E-state index in [0.717, 1.165) is 16.6 Å². The summed E-state index contributed by atoms with van der Waals surface area (Å²) in [6.07, 6.45) is 0.913. The van der Waals surface area contributed by atoms with Gasteiger partial charge in [-0.15, -0.1) is 0 Å². The van der Waals surface area contributed by atoms with Crippen LogP contribution in [0.3, 0.4) is 0 Å². The van der Waals surface area contributed by atoms with Crippen molar-refractivity contribution in [1.82, 2.24) is 0 Å². The number of nitrogens with one attached hydrogen (secondary N) is 1. The second-order valence-corrected chi connectivity index (χ2v) is 5.65. The maximum Gasteiger partial charge on any atom is 0.167 e. The second kappa shape index (κ2) is 7.46. The molecule has 0 radical (unpaired) electrons. The van der Waals surface area contributed by atoms with Crippen molar-refractivity contribution in [2.45, 2.75) is 26.3 Å². The fourth-order valence-corrected chi connectivity index (χ4v) is 2.44. The summed E-state index contributed by atoms with van der Waals surface area (Å²) in [5.74, 6) is -0.0488. The van der Waals surface area contributed by atoms with Gasteiger partial charge in [-0.3, -0.25) is 0 Å². The third-order valence-corrected chi connectivity index (χ3v) is 3.78. The highest BCUT2D eigenvalue weighted by Crippen LogP contribution is 2.27. The Morgan fingerprint density at radius 3 is 2.43 bits per heavy atom. The van der Waals surface area contributed by atoms with E-state index in [2.05, 4.69) is 40.3 Å². The van der Waals surface area contributed by atoms with Crippen LogP contribution in [-0.4, -0.2) is 6.61 Å². The summed E-state index contributed by atoms with van der Waals surface area (Å²) >= 11 is 3.43. The van der Waals surface area contributed by atoms with E-state index in [4.69, 9.17) is 4.74 Å². The van der Waals surface area contributed by atoms with E-state index < -0.39 is 0 Å². The molecule has 0 bridgehead atoms. The van der Waals surface area contributed by atoms with Gasteiger partial charge in [0.05, 0.1) is 12.6 Å². The molecule has 0 heterocycles. The van der Waals surface area contributed by atoms with Crippen molar-refractivity contribution in [3.8, 4) is 5.75 Å². The Bertz CT molecular complexity index is 586. The topological polar surface area (TPSA) is 21.3 Å². The molecule has 0 spiro atoms. The Balaban J connectivity index is 2.15. The predicted octanol–water partition coefficient (Wildman–Crippen LogP) is 5.55. The van der Waals surface area contributed by atoms with Crippen LogP contribution in [0.5, 0.6) is 5.75 Å². The van der Waals surface area contributed by atoms with Crippen LogP contribution in [0.4, 0.5) is 10.1 Å². The molecule has 2 nitrogen and oxygen atoms in total. The maximum atomic E-state index is 13.9. The van der Waals surface area contributed by atoms with Crippen molar-refractivity contribution in [1.29, 1.82) is 0 Å². The van der Waals surface area contributed by atoms with E-state index in [-0.39, 0.29) is 11.9 Å². The summed E-state index contributed by atoms with van der Waals surface area (Å²) < 4.78 is 20.1. The van der Waals surface area contributed by atoms with Gasteiger partial charge in [0.15, 0.2) is 11.6 Å². The molecule has 0 fully saturated rings. The molecule has 0 saturated heterocycles. The third-order valence-electron chi connectivity index (χ3n) is 3.25. The van der Waals surface area contributed by atoms with Gasteiger partial charge < -0.3 is 10.1 Å². The molecule has 0 aliphatic rings. The van der Waals surface area contributed by atoms with Gasteiger partial charge in [0.25, 0.3) is 0 Å². The van der Waals surface area contributed by atoms with Gasteiger partial charge in [0.2, 0.25) is 0 Å². The van der Waals surface area contributed by atoms with E-state index in [1.165, 1.54) is 11.6 Å². The van der Waals surface area contributed by atoms with Gasteiger partial charge in [0, 0.05) is 16.2 Å². The van der Waals surface area contributed by atoms with Crippen LogP contribution >= 0.6 is 15.9 Å². The molecular weight excluding hydrogens is 333 g/mol. The van der Waals surface area contributed by atoms with Crippen LogP contribution in [0.25, 0.3) is 0 Å². The minimum atomic E-state index is -0.340. The highest BCUT2D eigenvalue weighted by molar-refractivity contribution is 9.10. The number of hydrogen-bond donors (Lipinski definition) is 1. The monoisotopic (exact) mass is 351 g/mol. The van der Waals surface area contributed by atoms with Crippen molar-refractivity contribution in [2.24, 2.45) is 0 Å². The molecule has 4 heteroatoms. The molecule has 2 rings (SSSR count). The summed E-state index contributed by atoms with van der Waals surface area (Å²) in [6.45, 7) is 4.40. The first kappa shape index (κ1) is 15.8. The number of rotatable bonds is 6. The molecule has 0 aliphatic carbocycles. The second-order valence-electron chi connectivity index (χ2n) is 4.73. The van der Waals surface area contributed by atoms with Crippen molar-refractivity contribution in [3.05, 3.63) is 58.3 Å². The molecule has 2 aromatic rings. The van der Waals surface area contributed by atoms with E-state index in [1.807, 2.05) is 25.1 Å². The van der Waals surface area contributed by atoms with Crippen LogP contribution in [0.2, 0.25) is 0 Å². The summed E-state index contributed by atoms with van der Waals surface area (Å²) in [6, 6.07) is 13.3. The first-order chi connectivity index (χ1) is 10.1. The number of anilines is 1. The lowest BCUT2D eigenvalue weighted by Gasteiger charge is -2.19. The van der Waals surface area contributed by atoms with Crippen LogP contribution in [0, 0.1) is 5.82 Å². The first-order valence-corrected chi connectivity index (χ1v) is 7.87. The Kier molecular flexibility index (Phi) is 5.62. The minimum absolute atomic E-state index is 0.149. The highest BCUT2D eigenvalue weighted by Gasteiger charge is 2.11. The molecule has 112 valence electrons. The standard InChI is InChI=1S/C17H19BrFNO/c1-3-16(12-5-7-13(18)8-6-12)20-14-9-10-17(21-4-2)15(19)11-14/h5-11,16,20H,3-4H2,1-2H3. The predicted molar refractivity (Wildman–Crippen MR) is 88.4 cm³/mol. The smallest absolute Gasteiger partial charge is 0.167 e. The molecule has 1 unspecified atom stereocenters. The fourth-order valence-electron chi connectivity index (χ4n) is 2.18. The van der Waals surface area contributed by atoms with E-state index in [1.54, 1.807) is 6.07 Å². The summed E-state index contributed by atoms with van der Waals surface area (Å²) in [5.41, 5.74) is 1.93. The van der Waals surface area contributed by atoms with E-state index in [9.17, 15) is 4.39 Å². The van der Waals surface area contributed by atoms with Gasteiger partial charge in [-0.25, -0.2) is 4.39 Å². The van der Waals surface area contributed by atoms with Gasteiger partial charge >= 0.3 is 0 Å². The first-order valence-electron chi connectivity index (χ1n) is 7.08. The lowest BCUT2D eigenvalue weighted by Crippen LogP contribution is -2.10. The zero-order valence-corrected chi connectivity index (χ0v) is 13.8. The van der Waals surface area contributed by atoms with E-state index >= 15 is 0 Å². The molecule has 1 N–H and O–H groups in total. The Hall–Kier alpha value is -1.55. The lowest BCUT2D eigenvalue weighted by atomic mass is 10.0. The Morgan fingerprint density at radius 1 is 1.14 bits per heavy atom. The number of halogens is 2. The zero-order valence-electron chi connectivity index (χ0n) is 12.2. The summed E-state index contributed by atoms with van der Waals surface area (Å²) in [7, 11) is 0. The van der Waals surface area contributed by atoms with Crippen LogP contribution in [-0.2, 0) is 0 Å². The van der Waals surface area contributed by atoms with Crippen LogP contribution in [0.1, 0.15) is 31.9 Å². The average molecular weight is 352 g/mol. The van der Waals surface area contributed by atoms with Gasteiger partial charge in [-0.05, 0) is 43.2 Å². The maximum absolute atomic E-state index is 13.9. The quantitative estimate of drug-likeness (QED) is 0.736. The van der Waals surface area contributed by atoms with Gasteiger partial charge in [0.1, 0.15) is 0 Å². The van der Waals surface area contributed by atoms with E-state index in [0.29, 0.717) is 12.4 Å². The van der Waals surface area contributed by atoms with Crippen molar-refractivity contribution < 1.29 is 9.13 Å². The number of hydrogen-bond acceptors (Lipinski definition) is 2. The zero-order chi connectivity index (χ0) is 15.2. The molecule has 0 aliphatic heterocycles. The third kappa shape index (κ3) is 4.21. The van der Waals surface area contributed by atoms with Crippen LogP contribution < -0.4 is 10.1 Å². The minimum Gasteiger partial charge on any atom is -0.491 e. The summed E-state index contributed by atoms with van der Waals surface area (Å²) in [4.78, 5) is 0. The summed E-state index contributed by atoms with van der Waals surface area (Å²) in [5, 5.41) is 3.36. The molecular formula is C17H19BrFNO. The normalized spacial score (nSPS) is 12.0. The molecule has 0 amide bonds. The van der Waals surface area contributed by atoms with Crippen molar-refractivity contribution >= 4 is 21.6 Å². The molecule has 0 aromatic heterocycles. The highest BCUT2D eigenvalue weighted by atomic mass is 79.9. The van der Waals surface area contributed by atoms with Crippen LogP contribution in [0.15, 0.2) is 46.9 Å². The Labute approximate surface area is 133 Å². The fraction of sp³-hybridized carbons (Fsp3) is 0.294. The van der Waals surface area contributed by atoms with Gasteiger partial charge in [-0.2, -0.15) is 0 Å². The van der Waals surface area contributed by atoms with Crippen molar-refractivity contribution in [2.75, 3.05) is 11.9 Å². The number of ether oxygens (including phenoxy) is 1. The largest absolute Gasteiger partial charge is 0.491 e. The molecule has 1 atom stereocenters. The molecule has 0 saturated carbocycles. The SMILES string of the molecule is CCOc1ccc(NC(CC)c2ccc(Br)cc2)cc1F.